The Hall–Kier alpha value is -1.46. The molecule has 0 radical (unpaired) electrons. The van der Waals surface area contributed by atoms with E-state index in [0.717, 1.165) is 58.4 Å². The minimum absolute atomic E-state index is 0.210. The van der Waals surface area contributed by atoms with Gasteiger partial charge in [-0.3, -0.25) is 14.7 Å². The molecule has 5 nitrogen and oxygen atoms in total. The third-order valence-corrected chi connectivity index (χ3v) is 5.37. The molecule has 1 saturated carbocycles. The van der Waals surface area contributed by atoms with Crippen LogP contribution in [0.15, 0.2) is 12.4 Å². The molecule has 1 saturated heterocycles. The van der Waals surface area contributed by atoms with Gasteiger partial charge in [0.05, 0.1) is 0 Å². The van der Waals surface area contributed by atoms with Gasteiger partial charge in [0.1, 0.15) is 0 Å². The minimum Gasteiger partial charge on any atom is -0.381 e. The van der Waals surface area contributed by atoms with Crippen LogP contribution in [0.2, 0.25) is 0 Å². The summed E-state index contributed by atoms with van der Waals surface area (Å²) in [7, 11) is 0. The first-order valence-corrected chi connectivity index (χ1v) is 8.85. The lowest BCUT2D eigenvalue weighted by Gasteiger charge is -2.37. The Morgan fingerprint density at radius 1 is 1.26 bits per heavy atom. The number of amides is 1. The van der Waals surface area contributed by atoms with Gasteiger partial charge in [-0.05, 0) is 48.8 Å². The van der Waals surface area contributed by atoms with E-state index >= 15 is 0 Å². The summed E-state index contributed by atoms with van der Waals surface area (Å²) in [5.41, 5.74) is 3.93. The lowest BCUT2D eigenvalue weighted by atomic mass is 9.94. The van der Waals surface area contributed by atoms with Crippen LogP contribution in [0.4, 0.5) is 0 Å². The van der Waals surface area contributed by atoms with Crippen molar-refractivity contribution in [2.45, 2.75) is 51.2 Å². The zero-order chi connectivity index (χ0) is 15.6. The lowest BCUT2D eigenvalue weighted by Crippen LogP contribution is -2.42. The van der Waals surface area contributed by atoms with E-state index < -0.39 is 0 Å². The molecule has 0 unspecified atom stereocenters. The maximum atomic E-state index is 11.9. The summed E-state index contributed by atoms with van der Waals surface area (Å²) in [6.45, 7) is 4.49. The number of pyridine rings is 1. The summed E-state index contributed by atoms with van der Waals surface area (Å²) in [5.74, 6) is 0.480. The highest BCUT2D eigenvalue weighted by Crippen LogP contribution is 2.29. The smallest absolute Gasteiger partial charge is 0.223 e. The van der Waals surface area contributed by atoms with E-state index in [1.807, 2.05) is 12.4 Å². The first-order valence-electron chi connectivity index (χ1n) is 8.85. The Morgan fingerprint density at radius 3 is 2.87 bits per heavy atom. The number of aromatic nitrogens is 1. The van der Waals surface area contributed by atoms with Crippen LogP contribution in [0.5, 0.6) is 0 Å². The number of carbonyl (C=O) groups excluding carboxylic acids is 1. The molecule has 1 aromatic heterocycles. The van der Waals surface area contributed by atoms with Gasteiger partial charge in [-0.1, -0.05) is 0 Å². The summed E-state index contributed by atoms with van der Waals surface area (Å²) in [6.07, 6.45) is 9.38. The van der Waals surface area contributed by atoms with Crippen molar-refractivity contribution in [2.24, 2.45) is 5.92 Å². The summed E-state index contributed by atoms with van der Waals surface area (Å²) < 4.78 is 5.48. The zero-order valence-corrected chi connectivity index (χ0v) is 13.6. The number of nitrogens with zero attached hydrogens (tertiary/aromatic N) is 2. The van der Waals surface area contributed by atoms with Crippen molar-refractivity contribution in [3.8, 4) is 0 Å². The number of carbonyl (C=O) groups is 1. The second kappa shape index (κ2) is 6.57. The molecule has 0 atom stereocenters. The number of rotatable bonds is 4. The molecule has 4 rings (SSSR count). The highest BCUT2D eigenvalue weighted by Gasteiger charge is 2.30. The SMILES string of the molecule is O=C(NCc1cncc2c1CCN(C1CCOCC1)C2)C1CC1. The molecule has 23 heavy (non-hydrogen) atoms. The predicted octanol–water partition coefficient (Wildman–Crippen LogP) is 1.64. The molecule has 1 aromatic rings. The molecule has 0 aromatic carbocycles. The minimum atomic E-state index is 0.210. The highest BCUT2D eigenvalue weighted by atomic mass is 16.5. The normalized spacial score (nSPS) is 22.6. The van der Waals surface area contributed by atoms with Crippen molar-refractivity contribution in [2.75, 3.05) is 19.8 Å². The van der Waals surface area contributed by atoms with Crippen molar-refractivity contribution >= 4 is 5.91 Å². The van der Waals surface area contributed by atoms with E-state index in [4.69, 9.17) is 4.74 Å². The largest absolute Gasteiger partial charge is 0.381 e. The first kappa shape index (κ1) is 15.1. The van der Waals surface area contributed by atoms with Crippen LogP contribution in [0.1, 0.15) is 42.4 Å². The maximum Gasteiger partial charge on any atom is 0.223 e. The molecule has 0 bridgehead atoms. The van der Waals surface area contributed by atoms with Crippen LogP contribution in [0.25, 0.3) is 0 Å². The summed E-state index contributed by atoms with van der Waals surface area (Å²) in [5, 5.41) is 3.08. The monoisotopic (exact) mass is 315 g/mol. The molecule has 5 heteroatoms. The van der Waals surface area contributed by atoms with E-state index in [9.17, 15) is 4.79 Å². The average molecular weight is 315 g/mol. The van der Waals surface area contributed by atoms with Gasteiger partial charge in [0.25, 0.3) is 0 Å². The van der Waals surface area contributed by atoms with Gasteiger partial charge in [-0.25, -0.2) is 0 Å². The fraction of sp³-hybridized carbons (Fsp3) is 0.667. The van der Waals surface area contributed by atoms with Gasteiger partial charge in [0, 0.05) is 57.2 Å². The Kier molecular flexibility index (Phi) is 4.31. The fourth-order valence-corrected chi connectivity index (χ4v) is 3.78. The number of nitrogens with one attached hydrogen (secondary N) is 1. The van der Waals surface area contributed by atoms with Crippen molar-refractivity contribution in [3.63, 3.8) is 0 Å². The Labute approximate surface area is 137 Å². The predicted molar refractivity (Wildman–Crippen MR) is 86.8 cm³/mol. The number of hydrogen-bond acceptors (Lipinski definition) is 4. The van der Waals surface area contributed by atoms with E-state index in [0.29, 0.717) is 12.6 Å². The summed E-state index contributed by atoms with van der Waals surface area (Å²) in [6, 6.07) is 0.648. The Bertz CT molecular complexity index is 580. The number of ether oxygens (including phenoxy) is 1. The molecule has 1 amide bonds. The van der Waals surface area contributed by atoms with Crippen LogP contribution in [-0.2, 0) is 29.0 Å². The van der Waals surface area contributed by atoms with E-state index in [-0.39, 0.29) is 11.8 Å². The summed E-state index contributed by atoms with van der Waals surface area (Å²) >= 11 is 0. The Morgan fingerprint density at radius 2 is 2.09 bits per heavy atom. The van der Waals surface area contributed by atoms with Crippen molar-refractivity contribution in [1.29, 1.82) is 0 Å². The highest BCUT2D eigenvalue weighted by molar-refractivity contribution is 5.80. The van der Waals surface area contributed by atoms with Gasteiger partial charge >= 0.3 is 0 Å². The van der Waals surface area contributed by atoms with E-state index in [1.54, 1.807) is 0 Å². The number of fused-ring (bicyclic) bond motifs is 1. The molecule has 1 aliphatic carbocycles. The van der Waals surface area contributed by atoms with Crippen molar-refractivity contribution in [3.05, 3.63) is 29.1 Å². The quantitative estimate of drug-likeness (QED) is 0.918. The maximum absolute atomic E-state index is 11.9. The molecule has 124 valence electrons. The first-order chi connectivity index (χ1) is 11.3. The second-order valence-corrected chi connectivity index (χ2v) is 6.99. The molecule has 3 aliphatic rings. The van der Waals surface area contributed by atoms with E-state index in [1.165, 1.54) is 16.7 Å². The average Bonchev–Trinajstić information content (AvgIpc) is 3.45. The van der Waals surface area contributed by atoms with Crippen LogP contribution >= 0.6 is 0 Å². The van der Waals surface area contributed by atoms with Crippen molar-refractivity contribution in [1.82, 2.24) is 15.2 Å². The van der Waals surface area contributed by atoms with E-state index in [2.05, 4.69) is 15.2 Å². The van der Waals surface area contributed by atoms with Gasteiger partial charge in [-0.15, -0.1) is 0 Å². The van der Waals surface area contributed by atoms with Gasteiger partial charge < -0.3 is 10.1 Å². The van der Waals surface area contributed by atoms with Crippen LogP contribution < -0.4 is 5.32 Å². The van der Waals surface area contributed by atoms with Gasteiger partial charge in [-0.2, -0.15) is 0 Å². The molecule has 0 spiro atoms. The van der Waals surface area contributed by atoms with Gasteiger partial charge in [0.15, 0.2) is 0 Å². The van der Waals surface area contributed by atoms with Crippen LogP contribution in [-0.4, -0.2) is 41.6 Å². The van der Waals surface area contributed by atoms with Crippen molar-refractivity contribution < 1.29 is 9.53 Å². The van der Waals surface area contributed by atoms with Crippen LogP contribution in [0, 0.1) is 5.92 Å². The molecule has 3 heterocycles. The number of hydrogen-bond donors (Lipinski definition) is 1. The Balaban J connectivity index is 1.42. The third-order valence-electron chi connectivity index (χ3n) is 5.37. The third kappa shape index (κ3) is 3.40. The molecule has 1 N–H and O–H groups in total. The molecular weight excluding hydrogens is 290 g/mol. The van der Waals surface area contributed by atoms with Crippen LogP contribution in [0.3, 0.4) is 0 Å². The molecule has 2 aliphatic heterocycles. The standard InChI is InChI=1S/C18H25N3O2/c22-18(13-1-2-13)20-11-14-9-19-10-15-12-21(6-3-17(14)15)16-4-7-23-8-5-16/h9-10,13,16H,1-8,11-12H2,(H,20,22). The topological polar surface area (TPSA) is 54.5 Å². The molecular formula is C18H25N3O2. The lowest BCUT2D eigenvalue weighted by molar-refractivity contribution is -0.122. The van der Waals surface area contributed by atoms with Gasteiger partial charge in [0.2, 0.25) is 5.91 Å². The summed E-state index contributed by atoms with van der Waals surface area (Å²) in [4.78, 5) is 18.8. The second-order valence-electron chi connectivity index (χ2n) is 6.99. The fourth-order valence-electron chi connectivity index (χ4n) is 3.78. The molecule has 2 fully saturated rings. The zero-order valence-electron chi connectivity index (χ0n) is 13.6.